The Hall–Kier alpha value is -3.22. The molecule has 0 amide bonds. The lowest BCUT2D eigenvalue weighted by Gasteiger charge is -2.17. The lowest BCUT2D eigenvalue weighted by Crippen LogP contribution is -2.31. The Balaban J connectivity index is 2.29. The van der Waals surface area contributed by atoms with Gasteiger partial charge in [0, 0.05) is 31.5 Å². The van der Waals surface area contributed by atoms with E-state index in [4.69, 9.17) is 4.98 Å². The lowest BCUT2D eigenvalue weighted by molar-refractivity contribution is 0.662. The third-order valence-electron chi connectivity index (χ3n) is 4.69. The van der Waals surface area contributed by atoms with Crippen LogP contribution >= 0.6 is 0 Å². The molecule has 0 aliphatic rings. The summed E-state index contributed by atoms with van der Waals surface area (Å²) in [7, 11) is 3.59. The molecule has 0 saturated carbocycles. The molecular formula is C19H19N5O2. The maximum absolute atomic E-state index is 13.4. The fourth-order valence-electron chi connectivity index (χ4n) is 3.37. The average molecular weight is 349 g/mol. The van der Waals surface area contributed by atoms with E-state index in [1.807, 2.05) is 37.6 Å². The molecule has 4 rings (SSSR count). The molecule has 0 atom stereocenters. The molecular weight excluding hydrogens is 330 g/mol. The first-order valence-electron chi connectivity index (χ1n) is 8.44. The highest BCUT2D eigenvalue weighted by Crippen LogP contribution is 2.20. The van der Waals surface area contributed by atoms with Gasteiger partial charge in [-0.15, -0.1) is 0 Å². The number of aryl methyl sites for hydroxylation is 2. The summed E-state index contributed by atoms with van der Waals surface area (Å²) in [5.41, 5.74) is 0.497. The van der Waals surface area contributed by atoms with E-state index in [1.54, 1.807) is 36.1 Å². The smallest absolute Gasteiger partial charge is 0.272 e. The second-order valence-corrected chi connectivity index (χ2v) is 6.68. The number of nitrogens with zero attached hydrogens (tertiary/aromatic N) is 5. The quantitative estimate of drug-likeness (QED) is 0.519. The second kappa shape index (κ2) is 5.66. The maximum atomic E-state index is 13.4. The van der Waals surface area contributed by atoms with Gasteiger partial charge in [0.25, 0.3) is 5.56 Å². The summed E-state index contributed by atoms with van der Waals surface area (Å²) in [6, 6.07) is 9.01. The summed E-state index contributed by atoms with van der Waals surface area (Å²) < 4.78 is 4.91. The van der Waals surface area contributed by atoms with Crippen molar-refractivity contribution in [2.75, 3.05) is 0 Å². The van der Waals surface area contributed by atoms with Gasteiger partial charge >= 0.3 is 0 Å². The van der Waals surface area contributed by atoms with Gasteiger partial charge in [0.2, 0.25) is 5.43 Å². The van der Waals surface area contributed by atoms with Gasteiger partial charge in [0.15, 0.2) is 5.65 Å². The molecule has 0 bridgehead atoms. The Morgan fingerprint density at radius 1 is 1.04 bits per heavy atom. The molecule has 0 saturated heterocycles. The fourth-order valence-corrected chi connectivity index (χ4v) is 3.37. The van der Waals surface area contributed by atoms with E-state index in [0.29, 0.717) is 22.7 Å². The van der Waals surface area contributed by atoms with Crippen LogP contribution in [0, 0.1) is 0 Å². The maximum Gasteiger partial charge on any atom is 0.272 e. The highest BCUT2D eigenvalue weighted by molar-refractivity contribution is 5.91. The van der Waals surface area contributed by atoms with Crippen molar-refractivity contribution in [3.8, 4) is 5.82 Å². The van der Waals surface area contributed by atoms with Crippen molar-refractivity contribution in [2.24, 2.45) is 14.1 Å². The zero-order valence-corrected chi connectivity index (χ0v) is 15.1. The SMILES string of the molecule is CC(C)c1nc2c(c(=O)c3ccccc3n2C)c(=O)n1-c1ccnn1C. The molecule has 0 radical (unpaired) electrons. The van der Waals surface area contributed by atoms with Crippen LogP contribution in [0.25, 0.3) is 27.8 Å². The predicted octanol–water partition coefficient (Wildman–Crippen LogP) is 2.09. The first kappa shape index (κ1) is 16.3. The summed E-state index contributed by atoms with van der Waals surface area (Å²) in [5.74, 6) is 1.17. The molecule has 0 spiro atoms. The van der Waals surface area contributed by atoms with Gasteiger partial charge < -0.3 is 4.57 Å². The van der Waals surface area contributed by atoms with E-state index in [2.05, 4.69) is 5.10 Å². The summed E-state index contributed by atoms with van der Waals surface area (Å²) in [5, 5.41) is 4.75. The van der Waals surface area contributed by atoms with Crippen LogP contribution in [0.3, 0.4) is 0 Å². The number of aromatic nitrogens is 5. The third-order valence-corrected chi connectivity index (χ3v) is 4.69. The highest BCUT2D eigenvalue weighted by atomic mass is 16.1. The molecule has 0 fully saturated rings. The molecule has 0 unspecified atom stereocenters. The number of pyridine rings is 1. The normalized spacial score (nSPS) is 11.7. The van der Waals surface area contributed by atoms with Crippen molar-refractivity contribution in [2.45, 2.75) is 19.8 Å². The van der Waals surface area contributed by atoms with Crippen LogP contribution in [-0.4, -0.2) is 23.9 Å². The molecule has 0 aliphatic carbocycles. The minimum atomic E-state index is -0.367. The second-order valence-electron chi connectivity index (χ2n) is 6.68. The van der Waals surface area contributed by atoms with Crippen molar-refractivity contribution in [3.63, 3.8) is 0 Å². The minimum Gasteiger partial charge on any atom is -0.328 e. The molecule has 3 aromatic heterocycles. The molecule has 4 aromatic rings. The Bertz CT molecular complexity index is 1280. The van der Waals surface area contributed by atoms with Crippen molar-refractivity contribution >= 4 is 21.9 Å². The van der Waals surface area contributed by atoms with Crippen LogP contribution < -0.4 is 11.0 Å². The third kappa shape index (κ3) is 2.13. The number of fused-ring (bicyclic) bond motifs is 2. The summed E-state index contributed by atoms with van der Waals surface area (Å²) in [6.45, 7) is 3.94. The number of hydrogen-bond donors (Lipinski definition) is 0. The van der Waals surface area contributed by atoms with Gasteiger partial charge in [-0.1, -0.05) is 26.0 Å². The van der Waals surface area contributed by atoms with Gasteiger partial charge in [0.05, 0.1) is 11.7 Å². The van der Waals surface area contributed by atoms with Gasteiger partial charge in [-0.3, -0.25) is 14.3 Å². The van der Waals surface area contributed by atoms with Crippen molar-refractivity contribution in [3.05, 3.63) is 62.9 Å². The van der Waals surface area contributed by atoms with Gasteiger partial charge in [-0.25, -0.2) is 9.55 Å². The lowest BCUT2D eigenvalue weighted by atomic mass is 10.1. The number of rotatable bonds is 2. The van der Waals surface area contributed by atoms with Crippen LogP contribution in [0.1, 0.15) is 25.6 Å². The van der Waals surface area contributed by atoms with E-state index in [1.165, 1.54) is 4.57 Å². The topological polar surface area (TPSA) is 74.7 Å². The Morgan fingerprint density at radius 2 is 1.77 bits per heavy atom. The zero-order valence-electron chi connectivity index (χ0n) is 15.1. The summed E-state index contributed by atoms with van der Waals surface area (Å²) in [4.78, 5) is 31.2. The van der Waals surface area contributed by atoms with Gasteiger partial charge in [-0.2, -0.15) is 5.10 Å². The fraction of sp³-hybridized carbons (Fsp3) is 0.263. The predicted molar refractivity (Wildman–Crippen MR) is 101 cm³/mol. The van der Waals surface area contributed by atoms with Crippen LogP contribution in [-0.2, 0) is 14.1 Å². The zero-order chi connectivity index (χ0) is 18.6. The van der Waals surface area contributed by atoms with Crippen LogP contribution in [0.5, 0.6) is 0 Å². The Kier molecular flexibility index (Phi) is 3.54. The highest BCUT2D eigenvalue weighted by Gasteiger charge is 2.21. The number of hydrogen-bond acceptors (Lipinski definition) is 4. The van der Waals surface area contributed by atoms with Crippen molar-refractivity contribution < 1.29 is 0 Å². The molecule has 0 aliphatic heterocycles. The van der Waals surface area contributed by atoms with E-state index < -0.39 is 0 Å². The van der Waals surface area contributed by atoms with E-state index >= 15 is 0 Å². The monoisotopic (exact) mass is 349 g/mol. The van der Waals surface area contributed by atoms with E-state index in [9.17, 15) is 9.59 Å². The molecule has 7 nitrogen and oxygen atoms in total. The number of benzene rings is 1. The average Bonchev–Trinajstić information content (AvgIpc) is 3.04. The minimum absolute atomic E-state index is 0.0106. The molecule has 0 N–H and O–H groups in total. The largest absolute Gasteiger partial charge is 0.328 e. The first-order valence-corrected chi connectivity index (χ1v) is 8.44. The van der Waals surface area contributed by atoms with Gasteiger partial charge in [-0.05, 0) is 12.1 Å². The molecule has 26 heavy (non-hydrogen) atoms. The van der Waals surface area contributed by atoms with Crippen molar-refractivity contribution in [1.82, 2.24) is 23.9 Å². The van der Waals surface area contributed by atoms with E-state index in [-0.39, 0.29) is 22.3 Å². The summed E-state index contributed by atoms with van der Waals surface area (Å²) in [6.07, 6.45) is 1.62. The van der Waals surface area contributed by atoms with Crippen molar-refractivity contribution in [1.29, 1.82) is 0 Å². The summed E-state index contributed by atoms with van der Waals surface area (Å²) >= 11 is 0. The standard InChI is InChI=1S/C19H19N5O2/c1-11(2)17-21-18-15(19(26)24(17)14-9-10-20-23(14)4)16(25)12-7-5-6-8-13(12)22(18)3/h5-11H,1-4H3. The van der Waals surface area contributed by atoms with Crippen LogP contribution in [0.4, 0.5) is 0 Å². The molecule has 7 heteroatoms. The molecule has 132 valence electrons. The van der Waals surface area contributed by atoms with Crippen LogP contribution in [0.2, 0.25) is 0 Å². The first-order chi connectivity index (χ1) is 12.4. The molecule has 3 heterocycles. The Morgan fingerprint density at radius 3 is 2.42 bits per heavy atom. The van der Waals surface area contributed by atoms with E-state index in [0.717, 1.165) is 5.52 Å². The Labute approximate surface area is 149 Å². The van der Waals surface area contributed by atoms with Gasteiger partial charge in [0.1, 0.15) is 17.0 Å². The van der Waals surface area contributed by atoms with Crippen LogP contribution in [0.15, 0.2) is 46.1 Å². The number of para-hydroxylation sites is 1. The molecule has 1 aromatic carbocycles.